The molecule has 0 aromatic carbocycles. The Labute approximate surface area is 392 Å². The first-order valence-electron chi connectivity index (χ1n) is 23.3. The van der Waals surface area contributed by atoms with E-state index in [1.807, 2.05) is 13.8 Å². The van der Waals surface area contributed by atoms with Crippen molar-refractivity contribution in [2.45, 2.75) is 139 Å². The van der Waals surface area contributed by atoms with Crippen molar-refractivity contribution in [3.63, 3.8) is 0 Å². The van der Waals surface area contributed by atoms with Crippen LogP contribution in [-0.4, -0.2) is 192 Å². The number of imidazole rings is 2. The number of fused-ring (bicyclic) bond motifs is 2. The Kier molecular flexibility index (Phi) is 14.1. The van der Waals surface area contributed by atoms with E-state index in [-0.39, 0.29) is 30.9 Å². The van der Waals surface area contributed by atoms with Crippen LogP contribution in [0.25, 0.3) is 22.3 Å². The zero-order valence-corrected chi connectivity index (χ0v) is 38.1. The minimum Gasteiger partial charge on any atom is -0.388 e. The fraction of sp³-hybridized carbons (Fsp3) is 0.650. The van der Waals surface area contributed by atoms with Crippen molar-refractivity contribution < 1.29 is 40.2 Å². The Morgan fingerprint density at radius 2 is 1.17 bits per heavy atom. The summed E-state index contributed by atoms with van der Waals surface area (Å²) in [5, 5.41) is 102. The van der Waals surface area contributed by atoms with Crippen molar-refractivity contribution in [2.24, 2.45) is 0 Å². The molecule has 3 fully saturated rings. The van der Waals surface area contributed by atoms with Crippen LogP contribution in [0.3, 0.4) is 0 Å². The van der Waals surface area contributed by atoms with Crippen molar-refractivity contribution in [1.82, 2.24) is 84.9 Å². The molecule has 6 aromatic heterocycles. The summed E-state index contributed by atoms with van der Waals surface area (Å²) in [4.78, 5) is 55.9. The molecule has 0 aliphatic heterocycles. The largest absolute Gasteiger partial charge is 0.388 e. The normalized spacial score (nSPS) is 25.9. The average Bonchev–Trinajstić information content (AvgIpc) is 4.18. The van der Waals surface area contributed by atoms with Crippen LogP contribution in [0.5, 0.6) is 0 Å². The number of nitrogens with one attached hydrogen (secondary N) is 7. The molecule has 0 bridgehead atoms. The first-order chi connectivity index (χ1) is 33.4. The van der Waals surface area contributed by atoms with E-state index in [9.17, 15) is 40.2 Å². The lowest BCUT2D eigenvalue weighted by Gasteiger charge is -2.30. The molecule has 8 atom stereocenters. The Morgan fingerprint density at radius 3 is 1.62 bits per heavy atom. The summed E-state index contributed by atoms with van der Waals surface area (Å²) < 4.78 is 3.36. The number of aliphatic hydroxyl groups is 6. The summed E-state index contributed by atoms with van der Waals surface area (Å²) in [5.41, 5.74) is 1.71. The number of nitrogens with zero attached hydrogens (tertiary/aromatic N) is 14. The maximum Gasteiger partial charge on any atom is 0.246 e. The minimum absolute atomic E-state index is 0.0274. The van der Waals surface area contributed by atoms with Gasteiger partial charge < -0.3 is 71.7 Å². The minimum atomic E-state index is -1.29. The lowest BCUT2D eigenvalue weighted by Crippen LogP contribution is -2.44. The first-order valence-corrected chi connectivity index (χ1v) is 23.3. The maximum absolute atomic E-state index is 12.0. The highest BCUT2D eigenvalue weighted by molar-refractivity contribution is 5.86. The molecule has 9 rings (SSSR count). The van der Waals surface area contributed by atoms with Crippen LogP contribution in [0.15, 0.2) is 12.7 Å². The second-order valence-corrected chi connectivity index (χ2v) is 17.6. The summed E-state index contributed by atoms with van der Waals surface area (Å²) in [6.07, 6.45) is 2.20. The van der Waals surface area contributed by atoms with Gasteiger partial charge in [0.1, 0.15) is 43.5 Å². The molecule has 0 spiro atoms. The van der Waals surface area contributed by atoms with Gasteiger partial charge in [-0.2, -0.15) is 24.7 Å². The number of aromatic amines is 1. The predicted molar refractivity (Wildman–Crippen MR) is 243 cm³/mol. The summed E-state index contributed by atoms with van der Waals surface area (Å²) in [6.45, 7) is 4.57. The van der Waals surface area contributed by atoms with Crippen LogP contribution in [0.4, 0.5) is 23.5 Å². The van der Waals surface area contributed by atoms with Crippen LogP contribution in [0.2, 0.25) is 0 Å². The molecule has 0 unspecified atom stereocenters. The standard InChI is InChI=1S/C40H59N21O8/c1-3-60-55-26(56-60)10-12-42-40-50-36(30-38(52-40)59(18-44-30)24-14-22(32(67)34(24)69)48-28(65)16-63)46-20-7-5-19(6-8-20)45-35-29-37(51-39(49-35)41-11-9-25-53-57-61(4-2)54-25)58(17-43-29)23-13-21(31(66)33(23)68)47-27(64)15-62/h17-24,31-34,62-63,66-69H,3-16H2,1-2H3,(H,47,64)(H,48,65)(H,55,56)(H2,41,45,49,51)(H2,42,46,50,52)/t19?,20?,21-,22-,23+,24+,31+,32+,33-,34-/m0/s1. The van der Waals surface area contributed by atoms with Gasteiger partial charge in [-0.15, -0.1) is 15.3 Å². The molecule has 0 saturated heterocycles. The third-order valence-electron chi connectivity index (χ3n) is 13.1. The smallest absolute Gasteiger partial charge is 0.246 e. The molecular weight excluding hydrogens is 903 g/mol. The Hall–Kier alpha value is -6.66. The molecule has 29 nitrogen and oxygen atoms in total. The number of aromatic nitrogens is 15. The zero-order chi connectivity index (χ0) is 48.3. The molecule has 6 aromatic rings. The van der Waals surface area contributed by atoms with Crippen LogP contribution in [0.1, 0.15) is 76.1 Å². The number of carbonyl (C=O) groups excluding carboxylic acids is 2. The van der Waals surface area contributed by atoms with E-state index in [2.05, 4.69) is 67.5 Å². The Bertz CT molecular complexity index is 2700. The highest BCUT2D eigenvalue weighted by Crippen LogP contribution is 2.37. The first kappa shape index (κ1) is 47.4. The number of hydrogen-bond donors (Lipinski definition) is 13. The average molecular weight is 962 g/mol. The topological polar surface area (TPSA) is 392 Å². The fourth-order valence-corrected chi connectivity index (χ4v) is 9.45. The zero-order valence-electron chi connectivity index (χ0n) is 38.1. The number of aryl methyl sites for hydroxylation is 2. The van der Waals surface area contributed by atoms with Crippen LogP contribution >= 0.6 is 0 Å². The third kappa shape index (κ3) is 10.1. The van der Waals surface area contributed by atoms with Gasteiger partial charge in [0.25, 0.3) is 0 Å². The second-order valence-electron chi connectivity index (χ2n) is 17.6. The Balaban J connectivity index is 0.923. The Morgan fingerprint density at radius 1 is 0.681 bits per heavy atom. The number of tetrazole rings is 1. The molecule has 372 valence electrons. The summed E-state index contributed by atoms with van der Waals surface area (Å²) in [5.74, 6) is 1.59. The van der Waals surface area contributed by atoms with E-state index >= 15 is 0 Å². The predicted octanol–water partition coefficient (Wildman–Crippen LogP) is -3.05. The molecule has 3 aliphatic rings. The van der Waals surface area contributed by atoms with E-state index in [0.29, 0.717) is 78.2 Å². The molecule has 13 N–H and O–H groups in total. The van der Waals surface area contributed by atoms with Gasteiger partial charge in [0.15, 0.2) is 39.8 Å². The number of carbonyl (C=O) groups is 2. The molecule has 69 heavy (non-hydrogen) atoms. The SMILES string of the molecule is CCn1nnc(CCNc2nc(NC3CCC(Nc4nc(NCCc5nn(CC)[nH]5)nc5c4ncn5[C@@H]4C[C@H](NC(=O)CO)[C@@H](O)[C@H]4O)CC3)c3ncn([C@@H]4C[C@H](NC(=O)CO)[C@@H](O)[C@H]4O)c3n2)n1. The number of rotatable bonds is 20. The van der Waals surface area contributed by atoms with Gasteiger partial charge >= 0.3 is 0 Å². The second kappa shape index (κ2) is 20.5. The van der Waals surface area contributed by atoms with Crippen LogP contribution in [-0.2, 0) is 35.5 Å². The van der Waals surface area contributed by atoms with Gasteiger partial charge in [0.2, 0.25) is 23.7 Å². The van der Waals surface area contributed by atoms with Crippen molar-refractivity contribution in [1.29, 1.82) is 0 Å². The summed E-state index contributed by atoms with van der Waals surface area (Å²) >= 11 is 0. The number of anilines is 4. The van der Waals surface area contributed by atoms with Crippen LogP contribution < -0.4 is 31.9 Å². The van der Waals surface area contributed by atoms with Crippen molar-refractivity contribution in [3.05, 3.63) is 24.3 Å². The lowest BCUT2D eigenvalue weighted by atomic mass is 9.91. The molecule has 2 amide bonds. The van der Waals surface area contributed by atoms with Crippen molar-refractivity contribution >= 4 is 57.7 Å². The van der Waals surface area contributed by atoms with Gasteiger partial charge in [0.05, 0.1) is 49.9 Å². The lowest BCUT2D eigenvalue weighted by molar-refractivity contribution is -0.126. The molecule has 0 radical (unpaired) electrons. The van der Waals surface area contributed by atoms with Gasteiger partial charge in [-0.05, 0) is 57.6 Å². The number of aliphatic hydroxyl groups excluding tert-OH is 6. The molecule has 29 heteroatoms. The summed E-state index contributed by atoms with van der Waals surface area (Å²) in [6, 6.07) is -3.07. The van der Waals surface area contributed by atoms with E-state index in [4.69, 9.17) is 19.9 Å². The highest BCUT2D eigenvalue weighted by atomic mass is 16.3. The van der Waals surface area contributed by atoms with Gasteiger partial charge in [-0.3, -0.25) is 14.7 Å². The quantitative estimate of drug-likeness (QED) is 0.0361. The highest BCUT2D eigenvalue weighted by Gasteiger charge is 2.45. The van der Waals surface area contributed by atoms with Crippen LogP contribution in [0, 0.1) is 0 Å². The van der Waals surface area contributed by atoms with Gasteiger partial charge in [-0.25, -0.2) is 14.8 Å². The molecular formula is C40H59N21O8. The van der Waals surface area contributed by atoms with Crippen molar-refractivity contribution in [2.75, 3.05) is 47.6 Å². The van der Waals surface area contributed by atoms with Gasteiger partial charge in [-0.1, -0.05) is 0 Å². The van der Waals surface area contributed by atoms with Gasteiger partial charge in [0, 0.05) is 38.0 Å². The molecule has 3 saturated carbocycles. The molecule has 6 heterocycles. The number of H-pyrrole nitrogens is 1. The molecule has 3 aliphatic carbocycles. The monoisotopic (exact) mass is 961 g/mol. The third-order valence-corrected chi connectivity index (χ3v) is 13.1. The number of amides is 2. The maximum atomic E-state index is 12.0. The number of hydrogen-bond acceptors (Lipinski definition) is 22. The van der Waals surface area contributed by atoms with Crippen molar-refractivity contribution in [3.8, 4) is 0 Å². The van der Waals surface area contributed by atoms with E-state index < -0.39 is 73.6 Å². The van der Waals surface area contributed by atoms with E-state index in [1.54, 1.807) is 20.3 Å². The summed E-state index contributed by atoms with van der Waals surface area (Å²) in [7, 11) is 0. The van der Waals surface area contributed by atoms with E-state index in [0.717, 1.165) is 38.1 Å². The van der Waals surface area contributed by atoms with E-state index in [1.165, 1.54) is 11.1 Å². The fourth-order valence-electron chi connectivity index (χ4n) is 9.45.